The number of nitriles is 1. The van der Waals surface area contributed by atoms with Gasteiger partial charge in [-0.3, -0.25) is 4.79 Å². The van der Waals surface area contributed by atoms with Gasteiger partial charge in [0.05, 0.1) is 4.88 Å². The van der Waals surface area contributed by atoms with Crippen molar-refractivity contribution in [2.75, 3.05) is 0 Å². The number of hydrogen-bond donors (Lipinski definition) is 0. The molecule has 1 aromatic carbocycles. The van der Waals surface area contributed by atoms with Crippen molar-refractivity contribution in [1.82, 2.24) is 5.16 Å². The fraction of sp³-hybridized carbons (Fsp3) is 0. The van der Waals surface area contributed by atoms with Gasteiger partial charge in [0.25, 0.3) is 0 Å². The molecule has 3 rings (SSSR count). The molecule has 5 heteroatoms. The minimum absolute atomic E-state index is 0.0637. The van der Waals surface area contributed by atoms with Crippen LogP contribution < -0.4 is 0 Å². The molecular formula is C15H8N2O2S. The van der Waals surface area contributed by atoms with Gasteiger partial charge in [-0.15, -0.1) is 11.3 Å². The van der Waals surface area contributed by atoms with E-state index in [1.165, 1.54) is 11.3 Å². The zero-order chi connectivity index (χ0) is 13.9. The highest BCUT2D eigenvalue weighted by Gasteiger charge is 2.24. The Balaban J connectivity index is 2.10. The number of nitrogens with zero attached hydrogens (tertiary/aromatic N) is 2. The summed E-state index contributed by atoms with van der Waals surface area (Å²) in [4.78, 5) is 12.8. The van der Waals surface area contributed by atoms with Crippen LogP contribution in [0.25, 0.3) is 11.3 Å². The van der Waals surface area contributed by atoms with Crippen molar-refractivity contribution in [2.24, 2.45) is 0 Å². The Bertz CT molecular complexity index is 783. The molecule has 0 radical (unpaired) electrons. The number of thiophene rings is 1. The topological polar surface area (TPSA) is 66.9 Å². The maximum Gasteiger partial charge on any atom is 0.226 e. The number of carbonyl (C=O) groups is 1. The molecule has 0 aliphatic carbocycles. The van der Waals surface area contributed by atoms with E-state index in [0.29, 0.717) is 10.6 Å². The summed E-state index contributed by atoms with van der Waals surface area (Å²) in [5, 5.41) is 14.9. The smallest absolute Gasteiger partial charge is 0.226 e. The number of carbonyl (C=O) groups excluding carboxylic acids is 1. The summed E-state index contributed by atoms with van der Waals surface area (Å²) in [5.41, 5.74) is 0.963. The van der Waals surface area contributed by atoms with E-state index >= 15 is 0 Å². The molecule has 0 saturated heterocycles. The monoisotopic (exact) mass is 280 g/mol. The van der Waals surface area contributed by atoms with Crippen LogP contribution in [-0.2, 0) is 0 Å². The molecule has 0 unspecified atom stereocenters. The largest absolute Gasteiger partial charge is 0.354 e. The molecule has 2 aromatic heterocycles. The minimum Gasteiger partial charge on any atom is -0.354 e. The van der Waals surface area contributed by atoms with E-state index in [4.69, 9.17) is 4.52 Å². The van der Waals surface area contributed by atoms with Crippen LogP contribution in [0.2, 0.25) is 0 Å². The number of ketones is 1. The Morgan fingerprint density at radius 2 is 2.00 bits per heavy atom. The van der Waals surface area contributed by atoms with Crippen molar-refractivity contribution in [3.05, 3.63) is 64.0 Å². The lowest BCUT2D eigenvalue weighted by Gasteiger charge is -1.95. The molecule has 0 aliphatic rings. The average Bonchev–Trinajstić information content (AvgIpc) is 3.16. The summed E-state index contributed by atoms with van der Waals surface area (Å²) in [6.45, 7) is 0. The second-order valence-corrected chi connectivity index (χ2v) is 4.97. The van der Waals surface area contributed by atoms with Gasteiger partial charge < -0.3 is 4.52 Å². The molecule has 2 heterocycles. The van der Waals surface area contributed by atoms with Gasteiger partial charge in [0.2, 0.25) is 5.78 Å². The predicted molar refractivity (Wildman–Crippen MR) is 74.4 cm³/mol. The van der Waals surface area contributed by atoms with Gasteiger partial charge in [0, 0.05) is 5.56 Å². The Labute approximate surface area is 118 Å². The molecule has 0 atom stereocenters. The average molecular weight is 280 g/mol. The van der Waals surface area contributed by atoms with Crippen molar-refractivity contribution >= 4 is 17.1 Å². The SMILES string of the molecule is N#Cc1c(C(=O)c2cccs2)noc1-c1ccccc1. The molecule has 0 amide bonds. The van der Waals surface area contributed by atoms with Gasteiger partial charge in [0.15, 0.2) is 11.5 Å². The third kappa shape index (κ3) is 2.02. The summed E-state index contributed by atoms with van der Waals surface area (Å²) in [7, 11) is 0. The van der Waals surface area contributed by atoms with Gasteiger partial charge in [-0.1, -0.05) is 41.6 Å². The molecular weight excluding hydrogens is 272 g/mol. The second kappa shape index (κ2) is 5.11. The Morgan fingerprint density at radius 3 is 2.65 bits per heavy atom. The molecule has 0 fully saturated rings. The lowest BCUT2D eigenvalue weighted by molar-refractivity contribution is 0.103. The number of aromatic nitrogens is 1. The predicted octanol–water partition coefficient (Wildman–Crippen LogP) is 3.51. The maximum atomic E-state index is 12.3. The summed E-state index contributed by atoms with van der Waals surface area (Å²) in [6.07, 6.45) is 0. The lowest BCUT2D eigenvalue weighted by Crippen LogP contribution is -2.01. The highest BCUT2D eigenvalue weighted by molar-refractivity contribution is 7.12. The van der Waals surface area contributed by atoms with E-state index in [2.05, 4.69) is 5.16 Å². The van der Waals surface area contributed by atoms with E-state index in [1.54, 1.807) is 29.6 Å². The molecule has 0 saturated carbocycles. The molecule has 0 bridgehead atoms. The summed E-state index contributed by atoms with van der Waals surface area (Å²) < 4.78 is 5.20. The number of hydrogen-bond acceptors (Lipinski definition) is 5. The van der Waals surface area contributed by atoms with Crippen molar-refractivity contribution in [1.29, 1.82) is 5.26 Å². The van der Waals surface area contributed by atoms with Gasteiger partial charge in [-0.05, 0) is 11.4 Å². The first-order valence-electron chi connectivity index (χ1n) is 5.84. The van der Waals surface area contributed by atoms with Crippen LogP contribution in [-0.4, -0.2) is 10.9 Å². The van der Waals surface area contributed by atoms with Crippen LogP contribution in [0, 0.1) is 11.3 Å². The molecule has 0 spiro atoms. The fourth-order valence-corrected chi connectivity index (χ4v) is 2.52. The summed E-state index contributed by atoms with van der Waals surface area (Å²) >= 11 is 1.31. The van der Waals surface area contributed by atoms with E-state index in [-0.39, 0.29) is 17.0 Å². The molecule has 0 N–H and O–H groups in total. The van der Waals surface area contributed by atoms with E-state index in [9.17, 15) is 10.1 Å². The van der Waals surface area contributed by atoms with Crippen LogP contribution in [0.5, 0.6) is 0 Å². The van der Waals surface area contributed by atoms with Crippen LogP contribution in [0.4, 0.5) is 0 Å². The molecule has 96 valence electrons. The zero-order valence-electron chi connectivity index (χ0n) is 10.2. The zero-order valence-corrected chi connectivity index (χ0v) is 11.1. The van der Waals surface area contributed by atoms with Crippen molar-refractivity contribution < 1.29 is 9.32 Å². The van der Waals surface area contributed by atoms with Crippen LogP contribution in [0.15, 0.2) is 52.4 Å². The third-order valence-electron chi connectivity index (χ3n) is 2.80. The first-order valence-corrected chi connectivity index (χ1v) is 6.72. The highest BCUT2D eigenvalue weighted by Crippen LogP contribution is 2.27. The van der Waals surface area contributed by atoms with E-state index in [0.717, 1.165) is 5.56 Å². The molecule has 3 aromatic rings. The number of rotatable bonds is 3. The molecule has 4 nitrogen and oxygen atoms in total. The highest BCUT2D eigenvalue weighted by atomic mass is 32.1. The number of benzene rings is 1. The Kier molecular flexibility index (Phi) is 3.15. The first-order chi connectivity index (χ1) is 9.81. The normalized spacial score (nSPS) is 10.2. The van der Waals surface area contributed by atoms with Crippen LogP contribution in [0.1, 0.15) is 20.9 Å². The van der Waals surface area contributed by atoms with Gasteiger partial charge >= 0.3 is 0 Å². The second-order valence-electron chi connectivity index (χ2n) is 4.02. The van der Waals surface area contributed by atoms with Crippen molar-refractivity contribution in [3.8, 4) is 17.4 Å². The maximum absolute atomic E-state index is 12.3. The standard InChI is InChI=1S/C15H8N2O2S/c16-9-11-13(14(18)12-7-4-8-20-12)17-19-15(11)10-5-2-1-3-6-10/h1-8H. The minimum atomic E-state index is -0.289. The Morgan fingerprint density at radius 1 is 1.20 bits per heavy atom. The van der Waals surface area contributed by atoms with Crippen LogP contribution >= 0.6 is 11.3 Å². The quantitative estimate of drug-likeness (QED) is 0.688. The fourth-order valence-electron chi connectivity index (χ4n) is 1.86. The molecule has 0 aliphatic heterocycles. The Hall–Kier alpha value is -2.71. The lowest BCUT2D eigenvalue weighted by atomic mass is 10.1. The van der Waals surface area contributed by atoms with Crippen molar-refractivity contribution in [3.63, 3.8) is 0 Å². The summed E-state index contributed by atoms with van der Waals surface area (Å²) in [5.74, 6) is 0.0375. The van der Waals surface area contributed by atoms with Crippen LogP contribution in [0.3, 0.4) is 0 Å². The van der Waals surface area contributed by atoms with Gasteiger partial charge in [-0.25, -0.2) is 0 Å². The summed E-state index contributed by atoms with van der Waals surface area (Å²) in [6, 6.07) is 14.6. The third-order valence-corrected chi connectivity index (χ3v) is 3.67. The van der Waals surface area contributed by atoms with Gasteiger partial charge in [-0.2, -0.15) is 5.26 Å². The van der Waals surface area contributed by atoms with E-state index in [1.807, 2.05) is 24.3 Å². The van der Waals surface area contributed by atoms with Crippen molar-refractivity contribution in [2.45, 2.75) is 0 Å². The van der Waals surface area contributed by atoms with E-state index < -0.39 is 0 Å². The van der Waals surface area contributed by atoms with Gasteiger partial charge in [0.1, 0.15) is 11.6 Å². The molecule has 20 heavy (non-hydrogen) atoms. The first kappa shape index (κ1) is 12.3.